The Kier molecular flexibility index (Phi) is 5.43. The second-order valence-electron chi connectivity index (χ2n) is 4.59. The van der Waals surface area contributed by atoms with Gasteiger partial charge in [-0.25, -0.2) is 4.98 Å². The second kappa shape index (κ2) is 7.31. The fraction of sp³-hybridized carbons (Fsp3) is 0.333. The van der Waals surface area contributed by atoms with Gasteiger partial charge in [-0.05, 0) is 47.5 Å². The largest absolute Gasteiger partial charge is 0.493 e. The van der Waals surface area contributed by atoms with Crippen LogP contribution >= 0.6 is 15.9 Å². The van der Waals surface area contributed by atoms with E-state index in [2.05, 4.69) is 25.9 Å². The van der Waals surface area contributed by atoms with Crippen molar-refractivity contribution in [2.45, 2.75) is 20.3 Å². The molecule has 0 fully saturated rings. The lowest BCUT2D eigenvalue weighted by molar-refractivity contribution is 0.318. The van der Waals surface area contributed by atoms with Crippen molar-refractivity contribution in [3.05, 3.63) is 33.9 Å². The normalized spacial score (nSPS) is 10.5. The highest BCUT2D eigenvalue weighted by Crippen LogP contribution is 2.37. The van der Waals surface area contributed by atoms with Crippen LogP contribution in [0.25, 0.3) is 0 Å². The van der Waals surface area contributed by atoms with Crippen LogP contribution in [0.4, 0.5) is 11.8 Å². The summed E-state index contributed by atoms with van der Waals surface area (Å²) in [7, 11) is 0. The first-order valence-corrected chi connectivity index (χ1v) is 7.79. The van der Waals surface area contributed by atoms with E-state index in [1.807, 2.05) is 26.0 Å². The minimum Gasteiger partial charge on any atom is -0.493 e. The summed E-state index contributed by atoms with van der Waals surface area (Å²) < 4.78 is 12.1. The molecule has 0 atom stereocenters. The first-order valence-electron chi connectivity index (χ1n) is 7.00. The maximum Gasteiger partial charge on any atom is 0.221 e. The molecule has 0 aliphatic rings. The molecule has 0 aliphatic carbocycles. The number of nitrogens with two attached hydrogens (primary N) is 2. The first-order chi connectivity index (χ1) is 10.5. The zero-order valence-electron chi connectivity index (χ0n) is 12.6. The van der Waals surface area contributed by atoms with Crippen LogP contribution in [0.15, 0.2) is 22.8 Å². The summed E-state index contributed by atoms with van der Waals surface area (Å²) in [5.74, 6) is 2.02. The van der Waals surface area contributed by atoms with Crippen LogP contribution in [0.5, 0.6) is 11.5 Å². The SMILES string of the molecule is CCOc1cc(Cc2cnc(N)nc2N)cc(OCC)c1Br. The van der Waals surface area contributed by atoms with E-state index in [4.69, 9.17) is 20.9 Å². The van der Waals surface area contributed by atoms with Crippen molar-refractivity contribution >= 4 is 27.7 Å². The monoisotopic (exact) mass is 366 g/mol. The molecule has 2 rings (SSSR count). The fourth-order valence-electron chi connectivity index (χ4n) is 2.04. The number of anilines is 2. The van der Waals surface area contributed by atoms with E-state index >= 15 is 0 Å². The number of rotatable bonds is 6. The minimum absolute atomic E-state index is 0.169. The summed E-state index contributed by atoms with van der Waals surface area (Å²) in [6, 6.07) is 3.90. The van der Waals surface area contributed by atoms with E-state index in [1.165, 1.54) is 0 Å². The molecule has 0 spiro atoms. The highest BCUT2D eigenvalue weighted by molar-refractivity contribution is 9.10. The third-order valence-corrected chi connectivity index (χ3v) is 3.76. The van der Waals surface area contributed by atoms with Crippen LogP contribution in [-0.2, 0) is 6.42 Å². The third-order valence-electron chi connectivity index (χ3n) is 2.98. The number of halogens is 1. The Labute approximate surface area is 138 Å². The molecule has 0 amide bonds. The highest BCUT2D eigenvalue weighted by atomic mass is 79.9. The van der Waals surface area contributed by atoms with Crippen molar-refractivity contribution in [3.8, 4) is 11.5 Å². The Morgan fingerprint density at radius 1 is 1.09 bits per heavy atom. The van der Waals surface area contributed by atoms with Gasteiger partial charge in [0.15, 0.2) is 0 Å². The molecule has 4 N–H and O–H groups in total. The molecule has 0 unspecified atom stereocenters. The van der Waals surface area contributed by atoms with Crippen molar-refractivity contribution in [2.75, 3.05) is 24.7 Å². The summed E-state index contributed by atoms with van der Waals surface area (Å²) >= 11 is 3.51. The van der Waals surface area contributed by atoms with Gasteiger partial charge < -0.3 is 20.9 Å². The lowest BCUT2D eigenvalue weighted by Gasteiger charge is -2.14. The van der Waals surface area contributed by atoms with Crippen LogP contribution in [-0.4, -0.2) is 23.2 Å². The van der Waals surface area contributed by atoms with Gasteiger partial charge in [0.2, 0.25) is 5.95 Å². The topological polar surface area (TPSA) is 96.3 Å². The maximum atomic E-state index is 5.89. The third kappa shape index (κ3) is 3.79. The van der Waals surface area contributed by atoms with E-state index in [9.17, 15) is 0 Å². The van der Waals surface area contributed by atoms with Gasteiger partial charge in [0.1, 0.15) is 21.8 Å². The number of ether oxygens (including phenoxy) is 2. The first kappa shape index (κ1) is 16.4. The van der Waals surface area contributed by atoms with Gasteiger partial charge in [-0.1, -0.05) is 0 Å². The summed E-state index contributed by atoms with van der Waals surface area (Å²) in [6.07, 6.45) is 2.21. The van der Waals surface area contributed by atoms with Crippen LogP contribution < -0.4 is 20.9 Å². The van der Waals surface area contributed by atoms with Crippen molar-refractivity contribution < 1.29 is 9.47 Å². The Hall–Kier alpha value is -2.02. The molecule has 1 aromatic carbocycles. The van der Waals surface area contributed by atoms with E-state index in [0.29, 0.717) is 25.5 Å². The van der Waals surface area contributed by atoms with Crippen molar-refractivity contribution in [1.29, 1.82) is 0 Å². The molecule has 118 valence electrons. The molecular weight excluding hydrogens is 348 g/mol. The van der Waals surface area contributed by atoms with E-state index in [1.54, 1.807) is 6.20 Å². The summed E-state index contributed by atoms with van der Waals surface area (Å²) in [6.45, 7) is 5.01. The van der Waals surface area contributed by atoms with Crippen molar-refractivity contribution in [3.63, 3.8) is 0 Å². The molecule has 0 radical (unpaired) electrons. The van der Waals surface area contributed by atoms with Crippen LogP contribution in [0.3, 0.4) is 0 Å². The van der Waals surface area contributed by atoms with Gasteiger partial charge >= 0.3 is 0 Å². The lowest BCUT2D eigenvalue weighted by Crippen LogP contribution is -2.05. The fourth-order valence-corrected chi connectivity index (χ4v) is 2.50. The van der Waals surface area contributed by atoms with E-state index in [0.717, 1.165) is 27.1 Å². The van der Waals surface area contributed by atoms with Crippen molar-refractivity contribution in [1.82, 2.24) is 9.97 Å². The lowest BCUT2D eigenvalue weighted by atomic mass is 10.1. The Balaban J connectivity index is 2.37. The standard InChI is InChI=1S/C15H19BrN4O2/c1-3-21-11-6-9(7-12(13(11)16)22-4-2)5-10-8-19-15(18)20-14(10)17/h6-8H,3-5H2,1-2H3,(H4,17,18,19,20). The predicted octanol–water partition coefficient (Wildman–Crippen LogP) is 2.79. The summed E-state index contributed by atoms with van der Waals surface area (Å²) in [5, 5.41) is 0. The molecular formula is C15H19BrN4O2. The molecule has 0 bridgehead atoms. The quantitative estimate of drug-likeness (QED) is 0.815. The van der Waals surface area contributed by atoms with Crippen LogP contribution in [0.1, 0.15) is 25.0 Å². The van der Waals surface area contributed by atoms with Gasteiger partial charge in [0.05, 0.1) is 13.2 Å². The number of hydrogen-bond donors (Lipinski definition) is 2. The summed E-state index contributed by atoms with van der Waals surface area (Å²) in [4.78, 5) is 7.96. The van der Waals surface area contributed by atoms with Gasteiger partial charge in [-0.2, -0.15) is 4.98 Å². The van der Waals surface area contributed by atoms with Crippen molar-refractivity contribution in [2.24, 2.45) is 0 Å². The molecule has 0 saturated carbocycles. The van der Waals surface area contributed by atoms with E-state index < -0.39 is 0 Å². The van der Waals surface area contributed by atoms with Crippen LogP contribution in [0.2, 0.25) is 0 Å². The number of nitrogens with zero attached hydrogens (tertiary/aromatic N) is 2. The zero-order valence-corrected chi connectivity index (χ0v) is 14.2. The van der Waals surface area contributed by atoms with Gasteiger partial charge in [0.25, 0.3) is 0 Å². The highest BCUT2D eigenvalue weighted by Gasteiger charge is 2.13. The number of hydrogen-bond acceptors (Lipinski definition) is 6. The van der Waals surface area contributed by atoms with Gasteiger partial charge in [-0.3, -0.25) is 0 Å². The average molecular weight is 367 g/mol. The minimum atomic E-state index is 0.169. The number of nitrogen functional groups attached to an aromatic ring is 2. The molecule has 2 aromatic rings. The average Bonchev–Trinajstić information content (AvgIpc) is 2.47. The maximum absolute atomic E-state index is 5.89. The Bertz CT molecular complexity index is 637. The van der Waals surface area contributed by atoms with E-state index in [-0.39, 0.29) is 5.95 Å². The van der Waals surface area contributed by atoms with Gasteiger partial charge in [-0.15, -0.1) is 0 Å². The molecule has 0 saturated heterocycles. The zero-order chi connectivity index (χ0) is 16.1. The van der Waals surface area contributed by atoms with Gasteiger partial charge in [0, 0.05) is 18.2 Å². The Morgan fingerprint density at radius 2 is 1.68 bits per heavy atom. The summed E-state index contributed by atoms with van der Waals surface area (Å²) in [5.41, 5.74) is 13.2. The Morgan fingerprint density at radius 3 is 2.18 bits per heavy atom. The predicted molar refractivity (Wildman–Crippen MR) is 90.1 cm³/mol. The molecule has 22 heavy (non-hydrogen) atoms. The number of aromatic nitrogens is 2. The molecule has 6 nitrogen and oxygen atoms in total. The number of benzene rings is 1. The molecule has 1 aromatic heterocycles. The van der Waals surface area contributed by atoms with Crippen LogP contribution in [0, 0.1) is 0 Å². The molecule has 0 aliphatic heterocycles. The smallest absolute Gasteiger partial charge is 0.221 e. The molecule has 1 heterocycles. The second-order valence-corrected chi connectivity index (χ2v) is 5.38. The molecule has 7 heteroatoms.